The number of aromatic hydroxyl groups is 1. The van der Waals surface area contributed by atoms with Crippen LogP contribution in [0.15, 0.2) is 18.2 Å². The quantitative estimate of drug-likeness (QED) is 0.746. The predicted octanol–water partition coefficient (Wildman–Crippen LogP) is 3.00. The SMILES string of the molecule is CC(C)(C)OC(=O)Nc1ccc(C(N)C(F)F)cc1O. The lowest BCUT2D eigenvalue weighted by Crippen LogP contribution is -2.27. The van der Waals surface area contributed by atoms with E-state index in [9.17, 15) is 18.7 Å². The van der Waals surface area contributed by atoms with Crippen molar-refractivity contribution in [3.8, 4) is 5.75 Å². The third kappa shape index (κ3) is 4.65. The number of amides is 1. The van der Waals surface area contributed by atoms with Gasteiger partial charge in [0.15, 0.2) is 0 Å². The lowest BCUT2D eigenvalue weighted by molar-refractivity contribution is 0.0635. The first kappa shape index (κ1) is 16.2. The van der Waals surface area contributed by atoms with E-state index >= 15 is 0 Å². The van der Waals surface area contributed by atoms with Gasteiger partial charge in [-0.3, -0.25) is 5.32 Å². The van der Waals surface area contributed by atoms with E-state index in [1.165, 1.54) is 12.1 Å². The molecule has 1 rings (SSSR count). The van der Waals surface area contributed by atoms with Crippen LogP contribution in [0.1, 0.15) is 32.4 Å². The van der Waals surface area contributed by atoms with Crippen molar-refractivity contribution in [1.29, 1.82) is 0 Å². The van der Waals surface area contributed by atoms with E-state index in [1.807, 2.05) is 0 Å². The highest BCUT2D eigenvalue weighted by Crippen LogP contribution is 2.28. The molecule has 1 aromatic carbocycles. The molecule has 0 aromatic heterocycles. The van der Waals surface area contributed by atoms with Crippen LogP contribution in [0.25, 0.3) is 0 Å². The van der Waals surface area contributed by atoms with Crippen molar-refractivity contribution in [3.63, 3.8) is 0 Å². The Morgan fingerprint density at radius 3 is 2.45 bits per heavy atom. The molecule has 0 aliphatic carbocycles. The molecular formula is C13H18F2N2O3. The topological polar surface area (TPSA) is 84.6 Å². The molecule has 1 aromatic rings. The molecular weight excluding hydrogens is 270 g/mol. The number of carbonyl (C=O) groups excluding carboxylic acids is 1. The second-order valence-corrected chi connectivity index (χ2v) is 5.26. The van der Waals surface area contributed by atoms with E-state index in [2.05, 4.69) is 5.32 Å². The zero-order chi connectivity index (χ0) is 15.5. The highest BCUT2D eigenvalue weighted by atomic mass is 19.3. The number of ether oxygens (including phenoxy) is 1. The number of hydrogen-bond acceptors (Lipinski definition) is 4. The number of anilines is 1. The maximum Gasteiger partial charge on any atom is 0.412 e. The normalized spacial score (nSPS) is 13.2. The minimum absolute atomic E-state index is 0.0597. The Morgan fingerprint density at radius 1 is 1.40 bits per heavy atom. The molecule has 0 radical (unpaired) electrons. The van der Waals surface area contributed by atoms with Crippen LogP contribution in [0.2, 0.25) is 0 Å². The van der Waals surface area contributed by atoms with E-state index in [4.69, 9.17) is 10.5 Å². The fraction of sp³-hybridized carbons (Fsp3) is 0.462. The Hall–Kier alpha value is -1.89. The summed E-state index contributed by atoms with van der Waals surface area (Å²) in [7, 11) is 0. The predicted molar refractivity (Wildman–Crippen MR) is 70.9 cm³/mol. The molecule has 7 heteroatoms. The molecule has 112 valence electrons. The standard InChI is InChI=1S/C13H18F2N2O3/c1-13(2,3)20-12(19)17-8-5-4-7(6-9(8)18)10(16)11(14)15/h4-6,10-11,18H,16H2,1-3H3,(H,17,19). The van der Waals surface area contributed by atoms with Crippen molar-refractivity contribution < 1.29 is 23.4 Å². The first-order valence-electron chi connectivity index (χ1n) is 5.97. The zero-order valence-corrected chi connectivity index (χ0v) is 11.5. The van der Waals surface area contributed by atoms with Crippen molar-refractivity contribution in [2.75, 3.05) is 5.32 Å². The number of nitrogens with one attached hydrogen (secondary N) is 1. The second-order valence-electron chi connectivity index (χ2n) is 5.26. The minimum Gasteiger partial charge on any atom is -0.506 e. The molecule has 0 bridgehead atoms. The molecule has 0 aliphatic rings. The summed E-state index contributed by atoms with van der Waals surface area (Å²) in [5.41, 5.74) is 4.72. The highest BCUT2D eigenvalue weighted by molar-refractivity contribution is 5.86. The summed E-state index contributed by atoms with van der Waals surface area (Å²) in [4.78, 5) is 11.5. The highest BCUT2D eigenvalue weighted by Gasteiger charge is 2.20. The van der Waals surface area contributed by atoms with Gasteiger partial charge in [0.1, 0.15) is 11.4 Å². The first-order chi connectivity index (χ1) is 9.10. The number of hydrogen-bond donors (Lipinski definition) is 3. The molecule has 0 saturated carbocycles. The van der Waals surface area contributed by atoms with Crippen LogP contribution in [0.4, 0.5) is 19.3 Å². The molecule has 0 saturated heterocycles. The second kappa shape index (κ2) is 6.04. The van der Waals surface area contributed by atoms with Gasteiger partial charge >= 0.3 is 6.09 Å². The van der Waals surface area contributed by atoms with Gasteiger partial charge < -0.3 is 15.6 Å². The van der Waals surface area contributed by atoms with Gasteiger partial charge in [-0.2, -0.15) is 0 Å². The number of phenolic OH excluding ortho intramolecular Hbond substituents is 1. The summed E-state index contributed by atoms with van der Waals surface area (Å²) in [6.45, 7) is 5.07. The number of benzene rings is 1. The molecule has 0 heterocycles. The largest absolute Gasteiger partial charge is 0.506 e. The average molecular weight is 288 g/mol. The lowest BCUT2D eigenvalue weighted by Gasteiger charge is -2.20. The molecule has 0 spiro atoms. The van der Waals surface area contributed by atoms with Crippen molar-refractivity contribution >= 4 is 11.8 Å². The Kier molecular flexibility index (Phi) is 4.88. The van der Waals surface area contributed by atoms with Crippen molar-refractivity contribution in [1.82, 2.24) is 0 Å². The van der Waals surface area contributed by atoms with Gasteiger partial charge in [0.05, 0.1) is 11.7 Å². The van der Waals surface area contributed by atoms with Gasteiger partial charge in [-0.15, -0.1) is 0 Å². The lowest BCUT2D eigenvalue weighted by atomic mass is 10.1. The van der Waals surface area contributed by atoms with Crippen LogP contribution < -0.4 is 11.1 Å². The summed E-state index contributed by atoms with van der Waals surface area (Å²) in [6, 6.07) is 2.19. The molecule has 0 fully saturated rings. The Morgan fingerprint density at radius 2 is 2.00 bits per heavy atom. The number of alkyl halides is 2. The first-order valence-corrected chi connectivity index (χ1v) is 5.97. The third-order valence-electron chi connectivity index (χ3n) is 2.31. The maximum atomic E-state index is 12.4. The van der Waals surface area contributed by atoms with E-state index in [-0.39, 0.29) is 17.0 Å². The van der Waals surface area contributed by atoms with Gasteiger partial charge in [0.25, 0.3) is 6.43 Å². The number of rotatable bonds is 3. The third-order valence-corrected chi connectivity index (χ3v) is 2.31. The average Bonchev–Trinajstić information content (AvgIpc) is 2.28. The Balaban J connectivity index is 2.81. The summed E-state index contributed by atoms with van der Waals surface area (Å²) < 4.78 is 29.9. The molecule has 20 heavy (non-hydrogen) atoms. The van der Waals surface area contributed by atoms with Gasteiger partial charge in [-0.25, -0.2) is 13.6 Å². The summed E-state index contributed by atoms with van der Waals surface area (Å²) in [5, 5.41) is 12.0. The molecule has 5 nitrogen and oxygen atoms in total. The molecule has 1 atom stereocenters. The van der Waals surface area contributed by atoms with Crippen molar-refractivity contribution in [3.05, 3.63) is 23.8 Å². The van der Waals surface area contributed by atoms with Crippen LogP contribution in [0.3, 0.4) is 0 Å². The molecule has 4 N–H and O–H groups in total. The number of halogens is 2. The number of carbonyl (C=O) groups is 1. The monoisotopic (exact) mass is 288 g/mol. The Labute approximate surface area is 115 Å². The van der Waals surface area contributed by atoms with E-state index < -0.39 is 24.2 Å². The van der Waals surface area contributed by atoms with Crippen LogP contribution in [0.5, 0.6) is 5.75 Å². The number of nitrogens with two attached hydrogens (primary N) is 1. The van der Waals surface area contributed by atoms with E-state index in [0.717, 1.165) is 6.07 Å². The smallest absolute Gasteiger partial charge is 0.412 e. The summed E-state index contributed by atoms with van der Waals surface area (Å²) >= 11 is 0. The molecule has 1 amide bonds. The fourth-order valence-electron chi connectivity index (χ4n) is 1.42. The summed E-state index contributed by atoms with van der Waals surface area (Å²) in [5.74, 6) is -0.357. The summed E-state index contributed by atoms with van der Waals surface area (Å²) in [6.07, 6.45) is -3.49. The van der Waals surface area contributed by atoms with Gasteiger partial charge in [0.2, 0.25) is 0 Å². The van der Waals surface area contributed by atoms with Crippen molar-refractivity contribution in [2.24, 2.45) is 5.73 Å². The van der Waals surface area contributed by atoms with Crippen LogP contribution in [-0.4, -0.2) is 23.2 Å². The fourth-order valence-corrected chi connectivity index (χ4v) is 1.42. The van der Waals surface area contributed by atoms with E-state index in [0.29, 0.717) is 0 Å². The van der Waals surface area contributed by atoms with Crippen LogP contribution >= 0.6 is 0 Å². The molecule has 0 aliphatic heterocycles. The van der Waals surface area contributed by atoms with Crippen molar-refractivity contribution in [2.45, 2.75) is 38.8 Å². The van der Waals surface area contributed by atoms with E-state index in [1.54, 1.807) is 20.8 Å². The van der Waals surface area contributed by atoms with Gasteiger partial charge in [0, 0.05) is 0 Å². The van der Waals surface area contributed by atoms with Crippen LogP contribution in [0, 0.1) is 0 Å². The number of phenols is 1. The minimum atomic E-state index is -2.74. The van der Waals surface area contributed by atoms with Crippen LogP contribution in [-0.2, 0) is 4.74 Å². The molecule has 1 unspecified atom stereocenters. The van der Waals surface area contributed by atoms with Gasteiger partial charge in [-0.05, 0) is 38.5 Å². The Bertz CT molecular complexity index is 487. The van der Waals surface area contributed by atoms with Gasteiger partial charge in [-0.1, -0.05) is 6.07 Å². The zero-order valence-electron chi connectivity index (χ0n) is 11.5. The maximum absolute atomic E-state index is 12.4.